The van der Waals surface area contributed by atoms with E-state index in [-0.39, 0.29) is 4.99 Å². The zero-order chi connectivity index (χ0) is 11.7. The summed E-state index contributed by atoms with van der Waals surface area (Å²) in [5.41, 5.74) is 6.17. The molecule has 0 fully saturated rings. The van der Waals surface area contributed by atoms with E-state index in [0.29, 0.717) is 21.6 Å². The van der Waals surface area contributed by atoms with Gasteiger partial charge in [-0.25, -0.2) is 0 Å². The highest BCUT2D eigenvalue weighted by Gasteiger charge is 2.10. The summed E-state index contributed by atoms with van der Waals surface area (Å²) in [6, 6.07) is 8.61. The van der Waals surface area contributed by atoms with Crippen LogP contribution in [0.25, 0.3) is 11.3 Å². The molecule has 0 radical (unpaired) electrons. The highest BCUT2D eigenvalue weighted by atomic mass is 35.5. The Morgan fingerprint density at radius 1 is 1.19 bits per heavy atom. The Morgan fingerprint density at radius 3 is 2.56 bits per heavy atom. The van der Waals surface area contributed by atoms with Crippen molar-refractivity contribution in [3.63, 3.8) is 0 Å². The molecule has 0 saturated heterocycles. The Morgan fingerprint density at radius 2 is 1.94 bits per heavy atom. The number of rotatable bonds is 2. The highest BCUT2D eigenvalue weighted by molar-refractivity contribution is 7.80. The van der Waals surface area contributed by atoms with Crippen LogP contribution >= 0.6 is 35.4 Å². The molecule has 16 heavy (non-hydrogen) atoms. The predicted octanol–water partition coefficient (Wildman–Crippen LogP) is 3.89. The molecule has 2 rings (SSSR count). The molecule has 0 aliphatic heterocycles. The number of benzene rings is 1. The number of halogens is 2. The molecule has 2 nitrogen and oxygen atoms in total. The van der Waals surface area contributed by atoms with Gasteiger partial charge in [0, 0.05) is 10.6 Å². The minimum atomic E-state index is 0.212. The molecule has 1 aromatic carbocycles. The fraction of sp³-hybridized carbons (Fsp3) is 0. The lowest BCUT2D eigenvalue weighted by atomic mass is 10.2. The lowest BCUT2D eigenvalue weighted by Gasteiger charge is -2.01. The second kappa shape index (κ2) is 4.45. The summed E-state index contributed by atoms with van der Waals surface area (Å²) < 4.78 is 5.46. The van der Waals surface area contributed by atoms with Gasteiger partial charge >= 0.3 is 0 Å². The van der Waals surface area contributed by atoms with Crippen molar-refractivity contribution in [1.29, 1.82) is 0 Å². The lowest BCUT2D eigenvalue weighted by molar-refractivity contribution is 0.573. The number of hydrogen-bond acceptors (Lipinski definition) is 2. The van der Waals surface area contributed by atoms with Gasteiger partial charge in [0.2, 0.25) is 0 Å². The van der Waals surface area contributed by atoms with Crippen molar-refractivity contribution in [3.8, 4) is 11.3 Å². The monoisotopic (exact) mass is 271 g/mol. The van der Waals surface area contributed by atoms with Crippen molar-refractivity contribution < 1.29 is 4.42 Å². The number of nitrogens with two attached hydrogens (primary N) is 1. The number of thiocarbonyl (C=S) groups is 1. The minimum Gasteiger partial charge on any atom is -0.454 e. The molecule has 1 heterocycles. The maximum Gasteiger partial charge on any atom is 0.161 e. The van der Waals surface area contributed by atoms with Crippen LogP contribution < -0.4 is 5.73 Å². The van der Waals surface area contributed by atoms with Crippen molar-refractivity contribution in [1.82, 2.24) is 0 Å². The van der Waals surface area contributed by atoms with Crippen LogP contribution in [0.15, 0.2) is 34.7 Å². The minimum absolute atomic E-state index is 0.212. The van der Waals surface area contributed by atoms with Gasteiger partial charge in [0.15, 0.2) is 5.76 Å². The summed E-state index contributed by atoms with van der Waals surface area (Å²) in [4.78, 5) is 0.212. The van der Waals surface area contributed by atoms with Gasteiger partial charge in [0.1, 0.15) is 10.7 Å². The maximum absolute atomic E-state index is 6.04. The predicted molar refractivity (Wildman–Crippen MR) is 70.1 cm³/mol. The third kappa shape index (κ3) is 2.21. The van der Waals surface area contributed by atoms with E-state index in [1.165, 1.54) is 0 Å². The summed E-state index contributed by atoms with van der Waals surface area (Å²) in [6.45, 7) is 0. The lowest BCUT2D eigenvalue weighted by Crippen LogP contribution is -2.07. The molecule has 2 aromatic rings. The van der Waals surface area contributed by atoms with Crippen LogP contribution in [0.2, 0.25) is 10.0 Å². The Kier molecular flexibility index (Phi) is 3.19. The Bertz CT molecular complexity index is 551. The Hall–Kier alpha value is -1.03. The van der Waals surface area contributed by atoms with Crippen LogP contribution in [0.3, 0.4) is 0 Å². The van der Waals surface area contributed by atoms with E-state index in [2.05, 4.69) is 0 Å². The second-order valence-electron chi connectivity index (χ2n) is 3.15. The normalized spacial score (nSPS) is 10.4. The number of furan rings is 1. The summed E-state index contributed by atoms with van der Waals surface area (Å²) in [5.74, 6) is 1.05. The molecule has 82 valence electrons. The molecule has 0 aliphatic rings. The van der Waals surface area contributed by atoms with Crippen molar-refractivity contribution >= 4 is 40.4 Å². The highest BCUT2D eigenvalue weighted by Crippen LogP contribution is 2.31. The average molecular weight is 272 g/mol. The van der Waals surface area contributed by atoms with Crippen molar-refractivity contribution in [3.05, 3.63) is 46.1 Å². The first kappa shape index (κ1) is 11.5. The summed E-state index contributed by atoms with van der Waals surface area (Å²) in [5, 5.41) is 1.15. The summed E-state index contributed by atoms with van der Waals surface area (Å²) >= 11 is 16.7. The zero-order valence-electron chi connectivity index (χ0n) is 8.04. The molecule has 2 N–H and O–H groups in total. The van der Waals surface area contributed by atoms with E-state index in [4.69, 9.17) is 45.6 Å². The van der Waals surface area contributed by atoms with Gasteiger partial charge in [-0.2, -0.15) is 0 Å². The van der Waals surface area contributed by atoms with Crippen molar-refractivity contribution in [2.24, 2.45) is 5.73 Å². The Balaban J connectivity index is 2.50. The van der Waals surface area contributed by atoms with Gasteiger partial charge in [-0.1, -0.05) is 35.4 Å². The van der Waals surface area contributed by atoms with Gasteiger partial charge in [0.25, 0.3) is 0 Å². The second-order valence-corrected chi connectivity index (χ2v) is 4.44. The van der Waals surface area contributed by atoms with Gasteiger partial charge < -0.3 is 10.2 Å². The quantitative estimate of drug-likeness (QED) is 0.843. The fourth-order valence-electron chi connectivity index (χ4n) is 1.30. The van der Waals surface area contributed by atoms with Crippen molar-refractivity contribution in [2.75, 3.05) is 0 Å². The third-order valence-corrected chi connectivity index (χ3v) is 2.81. The molecular weight excluding hydrogens is 265 g/mol. The molecule has 0 amide bonds. The van der Waals surface area contributed by atoms with Crippen LogP contribution in [0.5, 0.6) is 0 Å². The molecule has 5 heteroatoms. The Labute approximate surface area is 108 Å². The van der Waals surface area contributed by atoms with Crippen LogP contribution in [-0.4, -0.2) is 4.99 Å². The molecule has 0 spiro atoms. The first-order valence-corrected chi connectivity index (χ1v) is 5.59. The van der Waals surface area contributed by atoms with E-state index in [1.54, 1.807) is 30.3 Å². The van der Waals surface area contributed by atoms with Gasteiger partial charge in [0.05, 0.1) is 5.02 Å². The van der Waals surface area contributed by atoms with Crippen LogP contribution in [0, 0.1) is 0 Å². The molecule has 0 aliphatic carbocycles. The van der Waals surface area contributed by atoms with Crippen molar-refractivity contribution in [2.45, 2.75) is 0 Å². The first-order chi connectivity index (χ1) is 7.58. The van der Waals surface area contributed by atoms with Crippen LogP contribution in [0.1, 0.15) is 5.76 Å². The van der Waals surface area contributed by atoms with E-state index >= 15 is 0 Å². The standard InChI is InChI=1S/C11H7Cl2NOS/c12-6-1-2-8(13)7(5-6)9-3-4-10(15-9)11(14)16/h1-5H,(H2,14,16). The topological polar surface area (TPSA) is 39.2 Å². The SMILES string of the molecule is NC(=S)c1ccc(-c2cc(Cl)ccc2Cl)o1. The van der Waals surface area contributed by atoms with Crippen LogP contribution in [-0.2, 0) is 0 Å². The molecule has 1 aromatic heterocycles. The maximum atomic E-state index is 6.04. The van der Waals surface area contributed by atoms with Crippen LogP contribution in [0.4, 0.5) is 0 Å². The average Bonchev–Trinajstić information content (AvgIpc) is 2.70. The third-order valence-electron chi connectivity index (χ3n) is 2.04. The summed E-state index contributed by atoms with van der Waals surface area (Å²) in [6.07, 6.45) is 0. The fourth-order valence-corrected chi connectivity index (χ4v) is 1.79. The zero-order valence-corrected chi connectivity index (χ0v) is 10.4. The number of hydrogen-bond donors (Lipinski definition) is 1. The smallest absolute Gasteiger partial charge is 0.161 e. The van der Waals surface area contributed by atoms with Gasteiger partial charge in [-0.3, -0.25) is 0 Å². The van der Waals surface area contributed by atoms with Gasteiger partial charge in [-0.05, 0) is 30.3 Å². The van der Waals surface area contributed by atoms with E-state index < -0.39 is 0 Å². The molecule has 0 atom stereocenters. The molecule has 0 saturated carbocycles. The van der Waals surface area contributed by atoms with E-state index in [9.17, 15) is 0 Å². The molecular formula is C11H7Cl2NOS. The van der Waals surface area contributed by atoms with E-state index in [0.717, 1.165) is 5.56 Å². The molecule has 0 unspecified atom stereocenters. The summed E-state index contributed by atoms with van der Waals surface area (Å²) in [7, 11) is 0. The first-order valence-electron chi connectivity index (χ1n) is 4.43. The molecule has 0 bridgehead atoms. The largest absolute Gasteiger partial charge is 0.454 e. The van der Waals surface area contributed by atoms with Gasteiger partial charge in [-0.15, -0.1) is 0 Å². The van der Waals surface area contributed by atoms with E-state index in [1.807, 2.05) is 0 Å².